The quantitative estimate of drug-likeness (QED) is 0.810. The summed E-state index contributed by atoms with van der Waals surface area (Å²) < 4.78 is 0. The first kappa shape index (κ1) is 11.6. The summed E-state index contributed by atoms with van der Waals surface area (Å²) in [6, 6.07) is 11.3. The van der Waals surface area contributed by atoms with E-state index in [1.807, 2.05) is 0 Å². The molecule has 2 rings (SSSR count). The number of benzene rings is 1. The average molecular weight is 218 g/mol. The van der Waals surface area contributed by atoms with Crippen molar-refractivity contribution in [3.63, 3.8) is 0 Å². The summed E-state index contributed by atoms with van der Waals surface area (Å²) in [4.78, 5) is 0. The van der Waals surface area contributed by atoms with E-state index in [-0.39, 0.29) is 0 Å². The van der Waals surface area contributed by atoms with Crippen LogP contribution in [0.2, 0.25) is 0 Å². The van der Waals surface area contributed by atoms with Gasteiger partial charge in [0.05, 0.1) is 0 Å². The van der Waals surface area contributed by atoms with Crippen LogP contribution in [-0.4, -0.2) is 20.1 Å². The van der Waals surface area contributed by atoms with Crippen molar-refractivity contribution in [1.82, 2.24) is 10.6 Å². The summed E-state index contributed by atoms with van der Waals surface area (Å²) in [7, 11) is 2.07. The predicted molar refractivity (Wildman–Crippen MR) is 68.5 cm³/mol. The third-order valence-electron chi connectivity index (χ3n) is 3.58. The molecule has 0 aromatic heterocycles. The zero-order valence-electron chi connectivity index (χ0n) is 10.1. The fourth-order valence-corrected chi connectivity index (χ4v) is 2.56. The van der Waals surface area contributed by atoms with E-state index in [9.17, 15) is 0 Å². The summed E-state index contributed by atoms with van der Waals surface area (Å²) in [5, 5.41) is 6.87. The zero-order chi connectivity index (χ0) is 11.2. The van der Waals surface area contributed by atoms with Crippen molar-refractivity contribution in [2.45, 2.75) is 25.3 Å². The molecule has 1 aromatic rings. The first-order chi connectivity index (χ1) is 7.90. The second kappa shape index (κ2) is 6.02. The van der Waals surface area contributed by atoms with Crippen LogP contribution in [0.25, 0.3) is 0 Å². The largest absolute Gasteiger partial charge is 0.317 e. The predicted octanol–water partition coefficient (Wildman–Crippen LogP) is 2.34. The standard InChI is InChI=1S/C14H22N2/c1-15-14(13-5-3-2-4-6-13)11-12-7-9-16-10-8-12/h2-6,12,14-16H,7-11H2,1H3. The maximum atomic E-state index is 3.45. The van der Waals surface area contributed by atoms with Crippen molar-refractivity contribution >= 4 is 0 Å². The van der Waals surface area contributed by atoms with Crippen LogP contribution in [0.15, 0.2) is 30.3 Å². The summed E-state index contributed by atoms with van der Waals surface area (Å²) in [5.74, 6) is 0.874. The fourth-order valence-electron chi connectivity index (χ4n) is 2.56. The number of nitrogens with one attached hydrogen (secondary N) is 2. The second-order valence-corrected chi connectivity index (χ2v) is 4.68. The van der Waals surface area contributed by atoms with Gasteiger partial charge >= 0.3 is 0 Å². The van der Waals surface area contributed by atoms with Gasteiger partial charge in [-0.05, 0) is 50.9 Å². The number of hydrogen-bond donors (Lipinski definition) is 2. The molecule has 1 aromatic carbocycles. The maximum Gasteiger partial charge on any atom is 0.0320 e. The van der Waals surface area contributed by atoms with Crippen LogP contribution in [0.5, 0.6) is 0 Å². The summed E-state index contributed by atoms with van der Waals surface area (Å²) in [5.41, 5.74) is 1.42. The molecule has 0 bridgehead atoms. The molecule has 1 aliphatic heterocycles. The first-order valence-electron chi connectivity index (χ1n) is 6.33. The Labute approximate surface area is 98.4 Å². The normalized spacial score (nSPS) is 19.6. The van der Waals surface area contributed by atoms with E-state index in [1.54, 1.807) is 0 Å². The maximum absolute atomic E-state index is 3.45. The third-order valence-corrected chi connectivity index (χ3v) is 3.58. The van der Waals surface area contributed by atoms with Gasteiger partial charge in [-0.1, -0.05) is 30.3 Å². The van der Waals surface area contributed by atoms with Crippen LogP contribution in [-0.2, 0) is 0 Å². The highest BCUT2D eigenvalue weighted by Gasteiger charge is 2.18. The van der Waals surface area contributed by atoms with Gasteiger partial charge in [0.25, 0.3) is 0 Å². The van der Waals surface area contributed by atoms with Gasteiger partial charge in [0, 0.05) is 6.04 Å². The molecule has 88 valence electrons. The van der Waals surface area contributed by atoms with Crippen LogP contribution >= 0.6 is 0 Å². The molecular weight excluding hydrogens is 196 g/mol. The minimum absolute atomic E-state index is 0.518. The lowest BCUT2D eigenvalue weighted by Gasteiger charge is -2.27. The lowest BCUT2D eigenvalue weighted by atomic mass is 9.88. The van der Waals surface area contributed by atoms with Crippen molar-refractivity contribution in [3.8, 4) is 0 Å². The number of hydrogen-bond acceptors (Lipinski definition) is 2. The SMILES string of the molecule is CNC(CC1CCNCC1)c1ccccc1. The first-order valence-corrected chi connectivity index (χ1v) is 6.33. The van der Waals surface area contributed by atoms with Crippen molar-refractivity contribution in [3.05, 3.63) is 35.9 Å². The van der Waals surface area contributed by atoms with E-state index in [1.165, 1.54) is 37.9 Å². The van der Waals surface area contributed by atoms with Crippen molar-refractivity contribution in [2.75, 3.05) is 20.1 Å². The van der Waals surface area contributed by atoms with Crippen LogP contribution in [0.1, 0.15) is 30.9 Å². The van der Waals surface area contributed by atoms with Gasteiger partial charge in [0.2, 0.25) is 0 Å². The molecule has 1 aliphatic rings. The molecule has 1 heterocycles. The smallest absolute Gasteiger partial charge is 0.0320 e. The highest BCUT2D eigenvalue weighted by Crippen LogP contribution is 2.25. The Hall–Kier alpha value is -0.860. The van der Waals surface area contributed by atoms with E-state index in [0.717, 1.165) is 5.92 Å². The molecule has 0 radical (unpaired) electrons. The summed E-state index contributed by atoms with van der Waals surface area (Å²) >= 11 is 0. The van der Waals surface area contributed by atoms with Crippen molar-refractivity contribution in [1.29, 1.82) is 0 Å². The number of rotatable bonds is 4. The van der Waals surface area contributed by atoms with Crippen molar-refractivity contribution in [2.24, 2.45) is 5.92 Å². The monoisotopic (exact) mass is 218 g/mol. The molecule has 0 spiro atoms. The molecular formula is C14H22N2. The molecule has 0 aliphatic carbocycles. The van der Waals surface area contributed by atoms with E-state index in [0.29, 0.717) is 6.04 Å². The second-order valence-electron chi connectivity index (χ2n) is 4.68. The molecule has 16 heavy (non-hydrogen) atoms. The highest BCUT2D eigenvalue weighted by atomic mass is 14.9. The van der Waals surface area contributed by atoms with Gasteiger partial charge in [-0.2, -0.15) is 0 Å². The van der Waals surface area contributed by atoms with Crippen LogP contribution in [0.3, 0.4) is 0 Å². The topological polar surface area (TPSA) is 24.1 Å². The van der Waals surface area contributed by atoms with Crippen molar-refractivity contribution < 1.29 is 0 Å². The molecule has 1 fully saturated rings. The van der Waals surface area contributed by atoms with E-state index in [4.69, 9.17) is 0 Å². The van der Waals surface area contributed by atoms with Gasteiger partial charge in [-0.15, -0.1) is 0 Å². The van der Waals surface area contributed by atoms with Crippen LogP contribution in [0, 0.1) is 5.92 Å². The van der Waals surface area contributed by atoms with Gasteiger partial charge in [0.1, 0.15) is 0 Å². The molecule has 2 N–H and O–H groups in total. The Balaban J connectivity index is 1.94. The Bertz CT molecular complexity index is 291. The van der Waals surface area contributed by atoms with E-state index < -0.39 is 0 Å². The summed E-state index contributed by atoms with van der Waals surface area (Å²) in [6.45, 7) is 2.38. The summed E-state index contributed by atoms with van der Waals surface area (Å²) in [6.07, 6.45) is 3.91. The van der Waals surface area contributed by atoms with E-state index in [2.05, 4.69) is 48.0 Å². The molecule has 2 heteroatoms. The molecule has 0 saturated carbocycles. The van der Waals surface area contributed by atoms with Crippen LogP contribution in [0.4, 0.5) is 0 Å². The van der Waals surface area contributed by atoms with E-state index >= 15 is 0 Å². The zero-order valence-corrected chi connectivity index (χ0v) is 10.1. The van der Waals surface area contributed by atoms with Gasteiger partial charge < -0.3 is 10.6 Å². The molecule has 1 unspecified atom stereocenters. The molecule has 1 atom stereocenters. The fraction of sp³-hybridized carbons (Fsp3) is 0.571. The molecule has 1 saturated heterocycles. The Morgan fingerprint density at radius 2 is 1.94 bits per heavy atom. The highest BCUT2D eigenvalue weighted by molar-refractivity contribution is 5.18. The lowest BCUT2D eigenvalue weighted by molar-refractivity contribution is 0.318. The average Bonchev–Trinajstić information content (AvgIpc) is 2.38. The number of piperidine rings is 1. The molecule has 2 nitrogen and oxygen atoms in total. The van der Waals surface area contributed by atoms with Crippen LogP contribution < -0.4 is 10.6 Å². The van der Waals surface area contributed by atoms with Gasteiger partial charge in [0.15, 0.2) is 0 Å². The minimum atomic E-state index is 0.518. The molecule has 0 amide bonds. The Kier molecular flexibility index (Phi) is 4.37. The third kappa shape index (κ3) is 3.06. The van der Waals surface area contributed by atoms with Gasteiger partial charge in [-0.25, -0.2) is 0 Å². The Morgan fingerprint density at radius 3 is 2.56 bits per heavy atom. The van der Waals surface area contributed by atoms with Gasteiger partial charge in [-0.3, -0.25) is 0 Å². The minimum Gasteiger partial charge on any atom is -0.317 e. The Morgan fingerprint density at radius 1 is 1.25 bits per heavy atom. The lowest BCUT2D eigenvalue weighted by Crippen LogP contribution is -2.30.